The first kappa shape index (κ1) is 14.0. The number of nitrogens with one attached hydrogen (secondary N) is 1. The van der Waals surface area contributed by atoms with Crippen molar-refractivity contribution in [1.82, 2.24) is 0 Å². The number of benzene rings is 1. The normalized spacial score (nSPS) is 11.1. The van der Waals surface area contributed by atoms with Gasteiger partial charge < -0.3 is 10.1 Å². The highest BCUT2D eigenvalue weighted by atomic mass is 79.9. The first-order valence-electron chi connectivity index (χ1n) is 5.45. The van der Waals surface area contributed by atoms with Crippen molar-refractivity contribution in [2.75, 3.05) is 12.4 Å². The topological polar surface area (TPSA) is 38.3 Å². The molecule has 17 heavy (non-hydrogen) atoms. The fourth-order valence-electron chi connectivity index (χ4n) is 1.40. The molecule has 0 aromatic heterocycles. The highest BCUT2D eigenvalue weighted by Gasteiger charge is 2.16. The van der Waals surface area contributed by atoms with Gasteiger partial charge in [-0.15, -0.1) is 0 Å². The molecule has 1 aromatic carbocycles. The molecule has 0 heterocycles. The van der Waals surface area contributed by atoms with Gasteiger partial charge in [0.2, 0.25) is 5.91 Å². The molecule has 0 aliphatic carbocycles. The van der Waals surface area contributed by atoms with Crippen LogP contribution >= 0.6 is 15.9 Å². The van der Waals surface area contributed by atoms with E-state index in [2.05, 4.69) is 21.2 Å². The fraction of sp³-hybridized carbons (Fsp3) is 0.462. The van der Waals surface area contributed by atoms with Crippen LogP contribution < -0.4 is 10.1 Å². The monoisotopic (exact) mass is 299 g/mol. The summed E-state index contributed by atoms with van der Waals surface area (Å²) in [7, 11) is 1.60. The molecule has 0 spiro atoms. The number of rotatable bonds is 3. The Balaban J connectivity index is 2.77. The van der Waals surface area contributed by atoms with Gasteiger partial charge in [-0.25, -0.2) is 0 Å². The van der Waals surface area contributed by atoms with Crippen molar-refractivity contribution in [3.8, 4) is 5.75 Å². The molecular weight excluding hydrogens is 282 g/mol. The summed E-state index contributed by atoms with van der Waals surface area (Å²) in [4.78, 5) is 11.8. The van der Waals surface area contributed by atoms with Crippen molar-refractivity contribution < 1.29 is 9.53 Å². The zero-order valence-corrected chi connectivity index (χ0v) is 12.2. The van der Waals surface area contributed by atoms with Crippen molar-refractivity contribution in [3.63, 3.8) is 0 Å². The van der Waals surface area contributed by atoms with Crippen LogP contribution in [0.15, 0.2) is 22.7 Å². The second-order valence-electron chi connectivity index (χ2n) is 5.13. The summed E-state index contributed by atoms with van der Waals surface area (Å²) in [6.07, 6.45) is 0.483. The lowest BCUT2D eigenvalue weighted by molar-refractivity contribution is -0.117. The zero-order chi connectivity index (χ0) is 13.1. The molecule has 0 fully saturated rings. The van der Waals surface area contributed by atoms with Gasteiger partial charge in [0, 0.05) is 17.0 Å². The van der Waals surface area contributed by atoms with Gasteiger partial charge in [-0.3, -0.25) is 4.79 Å². The van der Waals surface area contributed by atoms with E-state index in [0.29, 0.717) is 6.42 Å². The summed E-state index contributed by atoms with van der Waals surface area (Å²) in [6.45, 7) is 6.10. The van der Waals surface area contributed by atoms with Crippen LogP contribution in [0.3, 0.4) is 0 Å². The van der Waals surface area contributed by atoms with Crippen LogP contribution in [0, 0.1) is 5.41 Å². The van der Waals surface area contributed by atoms with Crippen molar-refractivity contribution >= 4 is 27.5 Å². The maximum Gasteiger partial charge on any atom is 0.224 e. The summed E-state index contributed by atoms with van der Waals surface area (Å²) < 4.78 is 5.97. The van der Waals surface area contributed by atoms with E-state index in [1.165, 1.54) is 0 Å². The second-order valence-corrected chi connectivity index (χ2v) is 5.99. The van der Waals surface area contributed by atoms with Gasteiger partial charge in [0.05, 0.1) is 12.8 Å². The lowest BCUT2D eigenvalue weighted by Crippen LogP contribution is -2.19. The predicted octanol–water partition coefficient (Wildman–Crippen LogP) is 3.83. The van der Waals surface area contributed by atoms with E-state index in [1.54, 1.807) is 13.2 Å². The van der Waals surface area contributed by atoms with E-state index in [1.807, 2.05) is 32.9 Å². The van der Waals surface area contributed by atoms with Crippen LogP contribution in [-0.2, 0) is 4.79 Å². The molecule has 0 aliphatic heterocycles. The molecule has 0 radical (unpaired) electrons. The van der Waals surface area contributed by atoms with Crippen LogP contribution in [0.5, 0.6) is 5.75 Å². The molecule has 0 aliphatic rings. The number of amides is 1. The molecule has 1 rings (SSSR count). The highest BCUT2D eigenvalue weighted by Crippen LogP contribution is 2.28. The number of ether oxygens (including phenoxy) is 1. The number of carbonyl (C=O) groups is 1. The molecule has 0 bridgehead atoms. The summed E-state index contributed by atoms with van der Waals surface area (Å²) >= 11 is 3.40. The van der Waals surface area contributed by atoms with E-state index >= 15 is 0 Å². The first-order valence-corrected chi connectivity index (χ1v) is 6.24. The van der Waals surface area contributed by atoms with Crippen LogP contribution in [0.2, 0.25) is 0 Å². The number of anilines is 1. The van der Waals surface area contributed by atoms with E-state index in [-0.39, 0.29) is 11.3 Å². The van der Waals surface area contributed by atoms with E-state index in [9.17, 15) is 4.79 Å². The minimum absolute atomic E-state index is 0.00598. The molecule has 4 heteroatoms. The minimum atomic E-state index is -0.0184. The summed E-state index contributed by atoms with van der Waals surface area (Å²) in [5, 5.41) is 2.88. The Bertz CT molecular complexity index is 410. The second kappa shape index (κ2) is 5.54. The number of carbonyl (C=O) groups excluding carboxylic acids is 1. The van der Waals surface area contributed by atoms with Gasteiger partial charge >= 0.3 is 0 Å². The van der Waals surface area contributed by atoms with Crippen LogP contribution in [0.4, 0.5) is 5.69 Å². The summed E-state index contributed by atoms with van der Waals surface area (Å²) in [5.41, 5.74) is 0.716. The van der Waals surface area contributed by atoms with Crippen molar-refractivity contribution in [3.05, 3.63) is 22.7 Å². The molecule has 1 amide bonds. The molecule has 1 N–H and O–H groups in total. The maximum absolute atomic E-state index is 11.8. The molecule has 3 nitrogen and oxygen atoms in total. The van der Waals surface area contributed by atoms with Crippen LogP contribution in [0.1, 0.15) is 27.2 Å². The molecule has 0 saturated heterocycles. The molecule has 0 saturated carbocycles. The SMILES string of the molecule is COc1ccc(Br)c(NC(=O)CC(C)(C)C)c1. The Morgan fingerprint density at radius 2 is 2.06 bits per heavy atom. The molecule has 94 valence electrons. The van der Waals surface area contributed by atoms with Crippen molar-refractivity contribution in [2.24, 2.45) is 5.41 Å². The Morgan fingerprint density at radius 1 is 1.41 bits per heavy atom. The number of methoxy groups -OCH3 is 1. The number of halogens is 1. The Labute approximate surface area is 111 Å². The van der Waals surface area contributed by atoms with E-state index in [4.69, 9.17) is 4.74 Å². The van der Waals surface area contributed by atoms with Crippen LogP contribution in [0.25, 0.3) is 0 Å². The van der Waals surface area contributed by atoms with Gasteiger partial charge in [-0.05, 0) is 33.5 Å². The number of hydrogen-bond donors (Lipinski definition) is 1. The van der Waals surface area contributed by atoms with Gasteiger partial charge in [-0.1, -0.05) is 20.8 Å². The van der Waals surface area contributed by atoms with Crippen molar-refractivity contribution in [1.29, 1.82) is 0 Å². The van der Waals surface area contributed by atoms with Crippen LogP contribution in [-0.4, -0.2) is 13.0 Å². The molecular formula is C13H18BrNO2. The lowest BCUT2D eigenvalue weighted by Gasteiger charge is -2.17. The van der Waals surface area contributed by atoms with Gasteiger partial charge in [0.15, 0.2) is 0 Å². The molecule has 0 unspecified atom stereocenters. The predicted molar refractivity (Wildman–Crippen MR) is 73.4 cm³/mol. The summed E-state index contributed by atoms with van der Waals surface area (Å²) in [6, 6.07) is 5.49. The summed E-state index contributed by atoms with van der Waals surface area (Å²) in [5.74, 6) is 0.728. The first-order chi connectivity index (χ1) is 7.81. The zero-order valence-electron chi connectivity index (χ0n) is 10.6. The third-order valence-electron chi connectivity index (χ3n) is 2.14. The average molecular weight is 300 g/mol. The van der Waals surface area contributed by atoms with Gasteiger partial charge in [0.1, 0.15) is 5.75 Å². The Hall–Kier alpha value is -1.03. The Kier molecular flexibility index (Phi) is 4.57. The van der Waals surface area contributed by atoms with E-state index in [0.717, 1.165) is 15.9 Å². The minimum Gasteiger partial charge on any atom is -0.497 e. The Morgan fingerprint density at radius 3 is 2.59 bits per heavy atom. The largest absolute Gasteiger partial charge is 0.497 e. The molecule has 1 aromatic rings. The smallest absolute Gasteiger partial charge is 0.224 e. The third-order valence-corrected chi connectivity index (χ3v) is 2.83. The maximum atomic E-state index is 11.8. The number of hydrogen-bond acceptors (Lipinski definition) is 2. The average Bonchev–Trinajstić information content (AvgIpc) is 2.18. The standard InChI is InChI=1S/C13H18BrNO2/c1-13(2,3)8-12(16)15-11-7-9(17-4)5-6-10(11)14/h5-7H,8H2,1-4H3,(H,15,16). The molecule has 0 atom stereocenters. The van der Waals surface area contributed by atoms with Gasteiger partial charge in [-0.2, -0.15) is 0 Å². The van der Waals surface area contributed by atoms with Crippen molar-refractivity contribution in [2.45, 2.75) is 27.2 Å². The quantitative estimate of drug-likeness (QED) is 0.921. The van der Waals surface area contributed by atoms with Gasteiger partial charge in [0.25, 0.3) is 0 Å². The van der Waals surface area contributed by atoms with E-state index < -0.39 is 0 Å². The highest BCUT2D eigenvalue weighted by molar-refractivity contribution is 9.10. The lowest BCUT2D eigenvalue weighted by atomic mass is 9.92. The third kappa shape index (κ3) is 4.77. The fourth-order valence-corrected chi connectivity index (χ4v) is 1.75.